The van der Waals surface area contributed by atoms with Crippen molar-refractivity contribution in [3.63, 3.8) is 0 Å². The first kappa shape index (κ1) is 38.8. The summed E-state index contributed by atoms with van der Waals surface area (Å²) < 4.78 is 6.58. The van der Waals surface area contributed by atoms with Crippen LogP contribution in [-0.4, -0.2) is 6.88 Å². The molecule has 2 atom stereocenters. The van der Waals surface area contributed by atoms with Crippen molar-refractivity contribution in [1.29, 1.82) is 0 Å². The third kappa shape index (κ3) is 6.38. The fourth-order valence-electron chi connectivity index (χ4n) is 9.42. The van der Waals surface area contributed by atoms with Crippen molar-refractivity contribution in [3.8, 4) is 22.3 Å². The van der Waals surface area contributed by atoms with Crippen LogP contribution in [0.3, 0.4) is 0 Å². The molecule has 0 aliphatic heterocycles. The molecule has 0 heterocycles. The van der Waals surface area contributed by atoms with Crippen molar-refractivity contribution in [2.24, 2.45) is 5.92 Å². The molecule has 0 radical (unpaired) electrons. The van der Waals surface area contributed by atoms with Crippen molar-refractivity contribution in [1.82, 2.24) is 0 Å². The summed E-state index contributed by atoms with van der Waals surface area (Å²) in [6, 6.07) is 26.1. The molecule has 0 aromatic heterocycles. The maximum absolute atomic E-state index is 3.72. The Labute approximate surface area is 306 Å². The average molecular weight is 775 g/mol. The number of aryl methyl sites for hydroxylation is 4. The molecule has 0 amide bonds. The summed E-state index contributed by atoms with van der Waals surface area (Å²) in [5.74, 6) is 0.502. The predicted octanol–water partition coefficient (Wildman–Crippen LogP) is 13.0. The number of benzene rings is 4. The minimum Gasteiger partial charge on any atom is -0.147 e. The zero-order chi connectivity index (χ0) is 33.5. The molecule has 6 rings (SSSR count). The number of fused-ring (bicyclic) bond motifs is 2. The summed E-state index contributed by atoms with van der Waals surface area (Å²) in [5, 5.41) is 0. The van der Waals surface area contributed by atoms with Gasteiger partial charge in [0.05, 0.1) is 0 Å². The molecule has 0 fully saturated rings. The summed E-state index contributed by atoms with van der Waals surface area (Å²) in [4.78, 5) is 0. The largest absolute Gasteiger partial charge is 0.147 e. The number of allylic oxidation sites excluding steroid dienone is 2. The fourth-order valence-corrected chi connectivity index (χ4v) is 30.0. The van der Waals surface area contributed by atoms with Gasteiger partial charge in [-0.05, 0) is 0 Å². The van der Waals surface area contributed by atoms with E-state index < -0.39 is 17.4 Å². The van der Waals surface area contributed by atoms with Crippen molar-refractivity contribution >= 4 is 43.8 Å². The van der Waals surface area contributed by atoms with E-state index in [0.29, 0.717) is 13.2 Å². The Kier molecular flexibility index (Phi) is 10.8. The quantitative estimate of drug-likeness (QED) is 0.177. The van der Waals surface area contributed by atoms with E-state index in [1.807, 2.05) is 0 Å². The molecule has 254 valence electrons. The molecule has 4 aromatic carbocycles. The Hall–Kier alpha value is -1.96. The van der Waals surface area contributed by atoms with Crippen molar-refractivity contribution < 1.29 is 17.4 Å². The molecule has 2 unspecified atom stereocenters. The van der Waals surface area contributed by atoms with Crippen LogP contribution in [0.5, 0.6) is 0 Å². The molecule has 0 saturated heterocycles. The van der Waals surface area contributed by atoms with Crippen LogP contribution in [-0.2, 0) is 22.8 Å². The standard InChI is InChI=1S/2C21H23.2CH3.2ClH.H2Si.Zr/c1-14-12-19-15(2)6-11-18(20(19)13-14)16-7-9-17(10-8-16)21(3,4)5;1-13(2)18-11-17-7-6-8-19(20(17)12-18)21-15(4)9-14(3)10-16(21)5;;;;;;/h2*6-13H,1-5H3;2*1H3;2*1H;1H2;. The van der Waals surface area contributed by atoms with Gasteiger partial charge in [0.2, 0.25) is 0 Å². The second kappa shape index (κ2) is 13.3. The van der Waals surface area contributed by atoms with E-state index in [2.05, 4.69) is 164 Å². The SMILES string of the molecule is CC1=Cc2c(-c3ccc(C(C)(C)C)cc3)ccc(C)c2[CH]1[Zr]([CH3])([CH3])(=[SiH2])[CH]1C(C(C)C)=Cc2c(-c3c(C)cc(C)cc3C)cccc21.Cl.Cl. The Balaban J connectivity index is 0.00000260. The van der Waals surface area contributed by atoms with Crippen LogP contribution in [0.4, 0.5) is 0 Å². The van der Waals surface area contributed by atoms with Gasteiger partial charge >= 0.3 is 284 Å². The van der Waals surface area contributed by atoms with Crippen LogP contribution in [0.1, 0.15) is 98.9 Å². The maximum atomic E-state index is 2.78. The minimum atomic E-state index is -3.72. The Morgan fingerprint density at radius 2 is 1.29 bits per heavy atom. The Bertz CT molecular complexity index is 2010. The topological polar surface area (TPSA) is 0 Å². The first-order chi connectivity index (χ1) is 21.4. The molecule has 0 spiro atoms. The maximum Gasteiger partial charge on any atom is -0.147 e. The predicted molar refractivity (Wildman–Crippen MR) is 218 cm³/mol. The van der Waals surface area contributed by atoms with Gasteiger partial charge in [0, 0.05) is 0 Å². The zero-order valence-corrected chi connectivity index (χ0v) is 36.8. The normalized spacial score (nSPS) is 17.3. The average Bonchev–Trinajstić information content (AvgIpc) is 3.53. The first-order valence-electron chi connectivity index (χ1n) is 17.3. The van der Waals surface area contributed by atoms with Gasteiger partial charge in [-0.3, -0.25) is 0 Å². The van der Waals surface area contributed by atoms with Gasteiger partial charge in [-0.15, -0.1) is 24.8 Å². The summed E-state index contributed by atoms with van der Waals surface area (Å²) in [7, 11) is 0. The summed E-state index contributed by atoms with van der Waals surface area (Å²) in [5.41, 5.74) is 22.0. The number of halogens is 2. The second-order valence-corrected chi connectivity index (χ2v) is 47.6. The van der Waals surface area contributed by atoms with Crippen LogP contribution >= 0.6 is 24.8 Å². The van der Waals surface area contributed by atoms with E-state index in [-0.39, 0.29) is 30.2 Å². The molecule has 0 saturated carbocycles. The van der Waals surface area contributed by atoms with Crippen LogP contribution in [0.15, 0.2) is 77.9 Å². The molecular weight excluding hydrogens is 719 g/mol. The van der Waals surface area contributed by atoms with Crippen molar-refractivity contribution in [2.45, 2.75) is 91.2 Å². The molecule has 4 aromatic rings. The number of hydrogen-bond acceptors (Lipinski definition) is 0. The Morgan fingerprint density at radius 3 is 1.85 bits per heavy atom. The molecule has 2 aliphatic carbocycles. The van der Waals surface area contributed by atoms with E-state index in [1.165, 1.54) is 61.2 Å². The molecule has 0 N–H and O–H groups in total. The summed E-state index contributed by atoms with van der Waals surface area (Å²) in [6.45, 7) is 25.8. The van der Waals surface area contributed by atoms with E-state index in [0.717, 1.165) is 0 Å². The van der Waals surface area contributed by atoms with E-state index in [4.69, 9.17) is 0 Å². The molecule has 2 aliphatic rings. The fraction of sp³-hybridized carbons (Fsp3) is 0.364. The smallest absolute Gasteiger partial charge is 0.147 e. The van der Waals surface area contributed by atoms with Gasteiger partial charge < -0.3 is 0 Å². The van der Waals surface area contributed by atoms with Crippen LogP contribution in [0.25, 0.3) is 34.4 Å². The molecule has 0 bridgehead atoms. The van der Waals surface area contributed by atoms with Crippen LogP contribution in [0, 0.1) is 33.6 Å². The third-order valence-corrected chi connectivity index (χ3v) is 28.9. The van der Waals surface area contributed by atoms with Crippen LogP contribution in [0.2, 0.25) is 9.26 Å². The van der Waals surface area contributed by atoms with Gasteiger partial charge in [0.15, 0.2) is 0 Å². The van der Waals surface area contributed by atoms with E-state index in [1.54, 1.807) is 22.3 Å². The second-order valence-electron chi connectivity index (χ2n) is 17.2. The van der Waals surface area contributed by atoms with Gasteiger partial charge in [-0.1, -0.05) is 0 Å². The Morgan fingerprint density at radius 1 is 0.688 bits per heavy atom. The molecular formula is C44H56Cl2SiZr. The summed E-state index contributed by atoms with van der Waals surface area (Å²) >= 11 is -3.72. The van der Waals surface area contributed by atoms with Gasteiger partial charge in [-0.2, -0.15) is 0 Å². The van der Waals surface area contributed by atoms with Crippen molar-refractivity contribution in [3.05, 3.63) is 128 Å². The van der Waals surface area contributed by atoms with Crippen LogP contribution < -0.4 is 0 Å². The number of rotatable bonds is 5. The molecule has 48 heavy (non-hydrogen) atoms. The molecule has 0 nitrogen and oxygen atoms in total. The van der Waals surface area contributed by atoms with Gasteiger partial charge in [0.25, 0.3) is 0 Å². The monoisotopic (exact) mass is 772 g/mol. The van der Waals surface area contributed by atoms with Gasteiger partial charge in [-0.25, -0.2) is 0 Å². The first-order valence-corrected chi connectivity index (χ1v) is 31.0. The summed E-state index contributed by atoms with van der Waals surface area (Å²) in [6.07, 6.45) is 5.19. The molecule has 4 heteroatoms. The number of hydrogen-bond donors (Lipinski definition) is 0. The van der Waals surface area contributed by atoms with E-state index >= 15 is 0 Å². The zero-order valence-electron chi connectivity index (χ0n) is 31.3. The van der Waals surface area contributed by atoms with E-state index in [9.17, 15) is 0 Å². The minimum absolute atomic E-state index is 0. The third-order valence-electron chi connectivity index (χ3n) is 11.3. The van der Waals surface area contributed by atoms with Gasteiger partial charge in [0.1, 0.15) is 0 Å². The van der Waals surface area contributed by atoms with Crippen molar-refractivity contribution in [2.75, 3.05) is 0 Å².